The van der Waals surface area contributed by atoms with E-state index in [1.165, 1.54) is 23.9 Å². The van der Waals surface area contributed by atoms with Gasteiger partial charge in [0.25, 0.3) is 10.0 Å². The predicted octanol–water partition coefficient (Wildman–Crippen LogP) is 3.96. The Labute approximate surface area is 158 Å². The van der Waals surface area contributed by atoms with Crippen molar-refractivity contribution in [3.8, 4) is 5.75 Å². The van der Waals surface area contributed by atoms with Gasteiger partial charge in [0.1, 0.15) is 5.75 Å². The maximum absolute atomic E-state index is 12.8. The lowest BCUT2D eigenvalue weighted by Crippen LogP contribution is -2.15. The fourth-order valence-electron chi connectivity index (χ4n) is 2.23. The molecule has 0 atom stereocenters. The van der Waals surface area contributed by atoms with Gasteiger partial charge in [-0.15, -0.1) is 11.8 Å². The number of hydrogen-bond donors (Lipinski definition) is 2. The standard InChI is InChI=1S/C18H22N2O4S2/c1-4-18(21)19-15-12-13(10-11-16(15)24-5-2)26(22,23)20-14-8-6-7-9-17(14)25-3/h6-12,20H,4-5H2,1-3H3,(H,19,21). The summed E-state index contributed by atoms with van der Waals surface area (Å²) in [5.74, 6) is 0.207. The number of carbonyl (C=O) groups excluding carboxylic acids is 1. The Hall–Kier alpha value is -2.19. The maximum atomic E-state index is 12.8. The minimum Gasteiger partial charge on any atom is -0.492 e. The lowest BCUT2D eigenvalue weighted by molar-refractivity contribution is -0.115. The van der Waals surface area contributed by atoms with E-state index in [4.69, 9.17) is 4.74 Å². The van der Waals surface area contributed by atoms with Crippen LogP contribution in [0.15, 0.2) is 52.3 Å². The van der Waals surface area contributed by atoms with Gasteiger partial charge in [-0.25, -0.2) is 8.42 Å². The van der Waals surface area contributed by atoms with Gasteiger partial charge in [-0.3, -0.25) is 9.52 Å². The summed E-state index contributed by atoms with van der Waals surface area (Å²) < 4.78 is 33.6. The summed E-state index contributed by atoms with van der Waals surface area (Å²) in [7, 11) is -3.81. The van der Waals surface area contributed by atoms with E-state index in [2.05, 4.69) is 10.0 Å². The van der Waals surface area contributed by atoms with Crippen LogP contribution in [-0.2, 0) is 14.8 Å². The van der Waals surface area contributed by atoms with Gasteiger partial charge >= 0.3 is 0 Å². The van der Waals surface area contributed by atoms with Crippen LogP contribution in [0.3, 0.4) is 0 Å². The number of thioether (sulfide) groups is 1. The van der Waals surface area contributed by atoms with E-state index < -0.39 is 10.0 Å². The lowest BCUT2D eigenvalue weighted by atomic mass is 10.3. The van der Waals surface area contributed by atoms with Crippen molar-refractivity contribution in [3.63, 3.8) is 0 Å². The molecule has 0 radical (unpaired) electrons. The Bertz CT molecular complexity index is 883. The number of nitrogens with one attached hydrogen (secondary N) is 2. The van der Waals surface area contributed by atoms with Crippen LogP contribution in [0.2, 0.25) is 0 Å². The van der Waals surface area contributed by atoms with E-state index >= 15 is 0 Å². The van der Waals surface area contributed by atoms with Crippen molar-refractivity contribution in [1.29, 1.82) is 0 Å². The third kappa shape index (κ3) is 4.92. The number of amides is 1. The van der Waals surface area contributed by atoms with E-state index in [0.29, 0.717) is 23.7 Å². The Morgan fingerprint density at radius 2 is 1.85 bits per heavy atom. The zero-order valence-electron chi connectivity index (χ0n) is 14.9. The monoisotopic (exact) mass is 394 g/mol. The SMILES string of the molecule is CCOc1ccc(S(=O)(=O)Nc2ccccc2SC)cc1NC(=O)CC. The Balaban J connectivity index is 2.39. The van der Waals surface area contributed by atoms with Gasteiger partial charge in [0, 0.05) is 11.3 Å². The lowest BCUT2D eigenvalue weighted by Gasteiger charge is -2.15. The molecule has 0 saturated carbocycles. The number of sulfonamides is 1. The normalized spacial score (nSPS) is 11.0. The average Bonchev–Trinajstić information content (AvgIpc) is 2.63. The van der Waals surface area contributed by atoms with Crippen molar-refractivity contribution in [2.45, 2.75) is 30.1 Å². The molecule has 0 aliphatic rings. The van der Waals surface area contributed by atoms with E-state index in [1.807, 2.05) is 25.3 Å². The van der Waals surface area contributed by atoms with Gasteiger partial charge in [-0.1, -0.05) is 19.1 Å². The Morgan fingerprint density at radius 3 is 2.50 bits per heavy atom. The van der Waals surface area contributed by atoms with Crippen LogP contribution in [0.4, 0.5) is 11.4 Å². The molecule has 2 N–H and O–H groups in total. The molecule has 0 bridgehead atoms. The minimum absolute atomic E-state index is 0.0447. The molecular formula is C18H22N2O4S2. The molecule has 2 aromatic rings. The van der Waals surface area contributed by atoms with Crippen molar-refractivity contribution >= 4 is 39.1 Å². The smallest absolute Gasteiger partial charge is 0.262 e. The summed E-state index contributed by atoms with van der Waals surface area (Å²) >= 11 is 1.45. The summed E-state index contributed by atoms with van der Waals surface area (Å²) in [6.07, 6.45) is 2.16. The number of ether oxygens (including phenoxy) is 1. The molecule has 2 rings (SSSR count). The fourth-order valence-corrected chi connectivity index (χ4v) is 3.95. The Kier molecular flexibility index (Phi) is 6.93. The highest BCUT2D eigenvalue weighted by Crippen LogP contribution is 2.31. The first-order valence-electron chi connectivity index (χ1n) is 8.13. The van der Waals surface area contributed by atoms with Crippen LogP contribution in [0.5, 0.6) is 5.75 Å². The second-order valence-corrected chi connectivity index (χ2v) is 7.83. The largest absolute Gasteiger partial charge is 0.492 e. The van der Waals surface area contributed by atoms with Gasteiger partial charge in [0.05, 0.1) is 22.9 Å². The summed E-state index contributed by atoms with van der Waals surface area (Å²) in [6.45, 7) is 3.94. The van der Waals surface area contributed by atoms with E-state index in [9.17, 15) is 13.2 Å². The van der Waals surface area contributed by atoms with Crippen LogP contribution in [0, 0.1) is 0 Å². The predicted molar refractivity (Wildman–Crippen MR) is 106 cm³/mol. The first-order valence-corrected chi connectivity index (χ1v) is 10.8. The van der Waals surface area contributed by atoms with E-state index in [0.717, 1.165) is 4.90 Å². The van der Waals surface area contributed by atoms with Gasteiger partial charge in [0.2, 0.25) is 5.91 Å². The second kappa shape index (κ2) is 8.95. The van der Waals surface area contributed by atoms with Gasteiger partial charge in [0.15, 0.2) is 0 Å². The highest BCUT2D eigenvalue weighted by molar-refractivity contribution is 7.99. The summed E-state index contributed by atoms with van der Waals surface area (Å²) in [5, 5.41) is 2.68. The summed E-state index contributed by atoms with van der Waals surface area (Å²) in [4.78, 5) is 12.6. The zero-order chi connectivity index (χ0) is 19.2. The van der Waals surface area contributed by atoms with Crippen molar-refractivity contribution < 1.29 is 17.9 Å². The topological polar surface area (TPSA) is 84.5 Å². The van der Waals surface area contributed by atoms with Crippen LogP contribution in [0.1, 0.15) is 20.3 Å². The molecule has 0 unspecified atom stereocenters. The fraction of sp³-hybridized carbons (Fsp3) is 0.278. The first-order chi connectivity index (χ1) is 12.4. The molecule has 26 heavy (non-hydrogen) atoms. The molecule has 0 aliphatic carbocycles. The average molecular weight is 395 g/mol. The molecule has 0 fully saturated rings. The molecule has 0 saturated heterocycles. The Morgan fingerprint density at radius 1 is 1.12 bits per heavy atom. The molecule has 6 nitrogen and oxygen atoms in total. The maximum Gasteiger partial charge on any atom is 0.262 e. The van der Waals surface area contributed by atoms with Gasteiger partial charge in [-0.2, -0.15) is 0 Å². The molecule has 2 aromatic carbocycles. The number of para-hydroxylation sites is 1. The van der Waals surface area contributed by atoms with Crippen LogP contribution in [0.25, 0.3) is 0 Å². The van der Waals surface area contributed by atoms with Crippen molar-refractivity contribution in [3.05, 3.63) is 42.5 Å². The van der Waals surface area contributed by atoms with Crippen molar-refractivity contribution in [1.82, 2.24) is 0 Å². The number of anilines is 2. The van der Waals surface area contributed by atoms with E-state index in [1.54, 1.807) is 25.1 Å². The molecule has 0 heterocycles. The molecule has 8 heteroatoms. The molecule has 0 spiro atoms. The summed E-state index contributed by atoms with van der Waals surface area (Å²) in [6, 6.07) is 11.6. The summed E-state index contributed by atoms with van der Waals surface area (Å²) in [5.41, 5.74) is 0.841. The van der Waals surface area contributed by atoms with Crippen molar-refractivity contribution in [2.24, 2.45) is 0 Å². The third-order valence-electron chi connectivity index (χ3n) is 3.51. The minimum atomic E-state index is -3.81. The molecular weight excluding hydrogens is 372 g/mol. The second-order valence-electron chi connectivity index (χ2n) is 5.30. The molecule has 140 valence electrons. The quantitative estimate of drug-likeness (QED) is 0.662. The molecule has 0 aliphatic heterocycles. The number of rotatable bonds is 8. The third-order valence-corrected chi connectivity index (χ3v) is 5.67. The molecule has 1 amide bonds. The van der Waals surface area contributed by atoms with Crippen LogP contribution < -0.4 is 14.8 Å². The van der Waals surface area contributed by atoms with Crippen molar-refractivity contribution in [2.75, 3.05) is 22.9 Å². The molecule has 0 aromatic heterocycles. The van der Waals surface area contributed by atoms with Gasteiger partial charge in [-0.05, 0) is 43.5 Å². The van der Waals surface area contributed by atoms with Crippen LogP contribution in [-0.4, -0.2) is 27.2 Å². The number of hydrogen-bond acceptors (Lipinski definition) is 5. The highest BCUT2D eigenvalue weighted by atomic mass is 32.2. The highest BCUT2D eigenvalue weighted by Gasteiger charge is 2.19. The number of benzene rings is 2. The van der Waals surface area contributed by atoms with Gasteiger partial charge < -0.3 is 10.1 Å². The first kappa shape index (κ1) is 20.1. The zero-order valence-corrected chi connectivity index (χ0v) is 16.5. The van der Waals surface area contributed by atoms with Crippen LogP contribution >= 0.6 is 11.8 Å². The van der Waals surface area contributed by atoms with E-state index in [-0.39, 0.29) is 17.2 Å². The number of carbonyl (C=O) groups is 1.